The molecule has 0 bridgehead atoms. The zero-order valence-electron chi connectivity index (χ0n) is 6.24. The maximum absolute atomic E-state index is 12.2. The van der Waals surface area contributed by atoms with Crippen molar-refractivity contribution >= 4 is 24.8 Å². The van der Waals surface area contributed by atoms with E-state index in [0.29, 0.717) is 18.8 Å². The number of hydrogen-bond acceptors (Lipinski definition) is 3. The van der Waals surface area contributed by atoms with Crippen molar-refractivity contribution in [2.75, 3.05) is 6.54 Å². The molecular weight excluding hydrogens is 204 g/mol. The molecule has 1 rings (SSSR count). The van der Waals surface area contributed by atoms with Crippen LogP contribution in [0.1, 0.15) is 5.82 Å². The summed E-state index contributed by atoms with van der Waals surface area (Å²) >= 11 is 0. The van der Waals surface area contributed by atoms with Gasteiger partial charge in [-0.25, -0.2) is 14.4 Å². The summed E-state index contributed by atoms with van der Waals surface area (Å²) in [5.74, 6) is 0.171. The zero-order chi connectivity index (χ0) is 7.40. The molecule has 0 atom stereocenters. The van der Waals surface area contributed by atoms with Crippen molar-refractivity contribution in [1.29, 1.82) is 0 Å². The van der Waals surface area contributed by atoms with Crippen LogP contribution in [0.4, 0.5) is 4.39 Å². The van der Waals surface area contributed by atoms with E-state index in [1.807, 2.05) is 0 Å². The van der Waals surface area contributed by atoms with Gasteiger partial charge in [0.1, 0.15) is 5.82 Å². The lowest BCUT2D eigenvalue weighted by Crippen LogP contribution is -2.06. The summed E-state index contributed by atoms with van der Waals surface area (Å²) in [5.41, 5.74) is 5.22. The quantitative estimate of drug-likeness (QED) is 0.797. The molecular formula is C6H10Cl2FN3. The van der Waals surface area contributed by atoms with E-state index < -0.39 is 5.82 Å². The van der Waals surface area contributed by atoms with Crippen LogP contribution in [0.2, 0.25) is 0 Å². The Morgan fingerprint density at radius 3 is 2.17 bits per heavy atom. The highest BCUT2D eigenvalue weighted by atomic mass is 35.5. The SMILES string of the molecule is Cl.Cl.NCCc1ncc(F)cn1. The molecule has 0 radical (unpaired) electrons. The molecule has 12 heavy (non-hydrogen) atoms. The first-order chi connectivity index (χ1) is 4.83. The van der Waals surface area contributed by atoms with Gasteiger partial charge < -0.3 is 5.73 Å². The van der Waals surface area contributed by atoms with Crippen LogP contribution >= 0.6 is 24.8 Å². The van der Waals surface area contributed by atoms with Crippen LogP contribution in [0.25, 0.3) is 0 Å². The zero-order valence-corrected chi connectivity index (χ0v) is 7.87. The van der Waals surface area contributed by atoms with Gasteiger partial charge in [0.05, 0.1) is 12.4 Å². The van der Waals surface area contributed by atoms with Crippen LogP contribution in [-0.2, 0) is 6.42 Å². The van der Waals surface area contributed by atoms with E-state index in [-0.39, 0.29) is 24.8 Å². The standard InChI is InChI=1S/C6H8FN3.2ClH/c7-5-3-9-6(1-2-8)10-4-5;;/h3-4H,1-2,8H2;2*1H. The maximum Gasteiger partial charge on any atom is 0.159 e. The lowest BCUT2D eigenvalue weighted by Gasteiger charge is -1.93. The molecule has 70 valence electrons. The number of nitrogens with two attached hydrogens (primary N) is 1. The summed E-state index contributed by atoms with van der Waals surface area (Å²) in [6.45, 7) is 0.492. The fraction of sp³-hybridized carbons (Fsp3) is 0.333. The normalized spacial score (nSPS) is 8.17. The van der Waals surface area contributed by atoms with Gasteiger partial charge in [-0.15, -0.1) is 24.8 Å². The highest BCUT2D eigenvalue weighted by molar-refractivity contribution is 5.85. The van der Waals surface area contributed by atoms with Gasteiger partial charge in [0.15, 0.2) is 5.82 Å². The average Bonchev–Trinajstić information content (AvgIpc) is 1.95. The van der Waals surface area contributed by atoms with Gasteiger partial charge in [-0.05, 0) is 6.54 Å². The van der Waals surface area contributed by atoms with Crippen molar-refractivity contribution in [2.24, 2.45) is 5.73 Å². The van der Waals surface area contributed by atoms with Crippen molar-refractivity contribution in [3.63, 3.8) is 0 Å². The Bertz CT molecular complexity index is 204. The van der Waals surface area contributed by atoms with Crippen molar-refractivity contribution in [2.45, 2.75) is 6.42 Å². The van der Waals surface area contributed by atoms with Crippen molar-refractivity contribution < 1.29 is 4.39 Å². The molecule has 1 aromatic rings. The minimum atomic E-state index is -0.416. The van der Waals surface area contributed by atoms with Crippen LogP contribution in [0.15, 0.2) is 12.4 Å². The van der Waals surface area contributed by atoms with Crippen LogP contribution in [-0.4, -0.2) is 16.5 Å². The number of nitrogens with zero attached hydrogens (tertiary/aromatic N) is 2. The Kier molecular flexibility index (Phi) is 8.47. The van der Waals surface area contributed by atoms with Crippen molar-refractivity contribution in [3.8, 4) is 0 Å². The van der Waals surface area contributed by atoms with E-state index in [4.69, 9.17) is 5.73 Å². The summed E-state index contributed by atoms with van der Waals surface area (Å²) < 4.78 is 12.2. The van der Waals surface area contributed by atoms with Crippen LogP contribution in [0, 0.1) is 5.82 Å². The van der Waals surface area contributed by atoms with Crippen molar-refractivity contribution in [1.82, 2.24) is 9.97 Å². The van der Waals surface area contributed by atoms with Crippen LogP contribution in [0.5, 0.6) is 0 Å². The Hall–Kier alpha value is -0.450. The van der Waals surface area contributed by atoms with Gasteiger partial charge >= 0.3 is 0 Å². The summed E-state index contributed by atoms with van der Waals surface area (Å²) in [4.78, 5) is 7.40. The Morgan fingerprint density at radius 1 is 1.25 bits per heavy atom. The van der Waals surface area contributed by atoms with Gasteiger partial charge in [-0.3, -0.25) is 0 Å². The summed E-state index contributed by atoms with van der Waals surface area (Å²) in [6, 6.07) is 0. The van der Waals surface area contributed by atoms with Gasteiger partial charge in [0, 0.05) is 6.42 Å². The van der Waals surface area contributed by atoms with E-state index in [0.717, 1.165) is 12.4 Å². The van der Waals surface area contributed by atoms with Crippen molar-refractivity contribution in [3.05, 3.63) is 24.0 Å². The topological polar surface area (TPSA) is 51.8 Å². The molecule has 0 aliphatic heterocycles. The van der Waals surface area contributed by atoms with Gasteiger partial charge in [-0.2, -0.15) is 0 Å². The van der Waals surface area contributed by atoms with E-state index in [9.17, 15) is 4.39 Å². The maximum atomic E-state index is 12.2. The number of aromatic nitrogens is 2. The third-order valence-corrected chi connectivity index (χ3v) is 1.04. The number of rotatable bonds is 2. The van der Waals surface area contributed by atoms with Crippen LogP contribution in [0.3, 0.4) is 0 Å². The molecule has 0 saturated heterocycles. The largest absolute Gasteiger partial charge is 0.330 e. The second-order valence-corrected chi connectivity index (χ2v) is 1.86. The Morgan fingerprint density at radius 2 is 1.75 bits per heavy atom. The minimum Gasteiger partial charge on any atom is -0.330 e. The fourth-order valence-corrected chi connectivity index (χ4v) is 0.597. The lowest BCUT2D eigenvalue weighted by atomic mass is 10.4. The summed E-state index contributed by atoms with van der Waals surface area (Å²) in [7, 11) is 0. The van der Waals surface area contributed by atoms with E-state index in [1.54, 1.807) is 0 Å². The molecule has 3 nitrogen and oxygen atoms in total. The second kappa shape index (κ2) is 7.21. The molecule has 0 unspecified atom stereocenters. The van der Waals surface area contributed by atoms with E-state index in [1.165, 1.54) is 0 Å². The molecule has 1 aromatic heterocycles. The summed E-state index contributed by atoms with van der Waals surface area (Å²) in [6.07, 6.45) is 2.87. The number of hydrogen-bond donors (Lipinski definition) is 1. The molecule has 0 fully saturated rings. The first-order valence-corrected chi connectivity index (χ1v) is 2.99. The highest BCUT2D eigenvalue weighted by Gasteiger charge is 1.93. The van der Waals surface area contributed by atoms with Gasteiger partial charge in [0.25, 0.3) is 0 Å². The Balaban J connectivity index is 0. The predicted octanol–water partition coefficient (Wildman–Crippen LogP) is 0.961. The van der Waals surface area contributed by atoms with E-state index in [2.05, 4.69) is 9.97 Å². The Labute approximate surface area is 82.4 Å². The molecule has 0 aromatic carbocycles. The molecule has 0 aliphatic rings. The predicted molar refractivity (Wildman–Crippen MR) is 49.2 cm³/mol. The molecule has 0 aliphatic carbocycles. The highest BCUT2D eigenvalue weighted by Crippen LogP contribution is 1.92. The third-order valence-electron chi connectivity index (χ3n) is 1.04. The molecule has 1 heterocycles. The van der Waals surface area contributed by atoms with Gasteiger partial charge in [-0.1, -0.05) is 0 Å². The first kappa shape index (κ1) is 14.1. The lowest BCUT2D eigenvalue weighted by molar-refractivity contribution is 0.608. The number of halogens is 3. The smallest absolute Gasteiger partial charge is 0.159 e. The molecule has 6 heteroatoms. The molecule has 0 saturated carbocycles. The van der Waals surface area contributed by atoms with Crippen LogP contribution < -0.4 is 5.73 Å². The second-order valence-electron chi connectivity index (χ2n) is 1.86. The first-order valence-electron chi connectivity index (χ1n) is 2.99. The van der Waals surface area contributed by atoms with E-state index >= 15 is 0 Å². The minimum absolute atomic E-state index is 0. The third kappa shape index (κ3) is 4.43. The fourth-order valence-electron chi connectivity index (χ4n) is 0.597. The molecule has 0 spiro atoms. The summed E-state index contributed by atoms with van der Waals surface area (Å²) in [5, 5.41) is 0. The van der Waals surface area contributed by atoms with Gasteiger partial charge in [0.2, 0.25) is 0 Å². The molecule has 0 amide bonds. The monoisotopic (exact) mass is 213 g/mol. The molecule has 2 N–H and O–H groups in total. The average molecular weight is 214 g/mol.